The summed E-state index contributed by atoms with van der Waals surface area (Å²) < 4.78 is 0. The molecule has 82 valence electrons. The number of hydrogen-bond acceptors (Lipinski definition) is 3. The lowest BCUT2D eigenvalue weighted by Gasteiger charge is -2.11. The van der Waals surface area contributed by atoms with Crippen molar-refractivity contribution >= 4 is 12.2 Å². The molecule has 0 aliphatic rings. The summed E-state index contributed by atoms with van der Waals surface area (Å²) in [5.74, 6) is 0.122. The average Bonchev–Trinajstić information content (AvgIpc) is 2.14. The molecule has 0 aliphatic carbocycles. The molecule has 0 aromatic carbocycles. The highest BCUT2D eigenvalue weighted by molar-refractivity contribution is 5.76. The first-order valence-corrected chi connectivity index (χ1v) is 4.91. The standard InChI is InChI=1S/C10H19NO3/c1-8(3-4-12)5-10(14)11-6-9(2)7-13/h4,8-9,13H,3,5-7H2,1-2H3,(H,11,14). The number of aliphatic hydroxyl groups is 1. The van der Waals surface area contributed by atoms with Crippen molar-refractivity contribution in [3.63, 3.8) is 0 Å². The Balaban J connectivity index is 3.59. The van der Waals surface area contributed by atoms with Crippen LogP contribution in [0.25, 0.3) is 0 Å². The zero-order valence-electron chi connectivity index (χ0n) is 8.82. The summed E-state index contributed by atoms with van der Waals surface area (Å²) in [5.41, 5.74) is 0. The highest BCUT2D eigenvalue weighted by Gasteiger charge is 2.09. The molecule has 2 N–H and O–H groups in total. The second-order valence-electron chi connectivity index (χ2n) is 3.80. The van der Waals surface area contributed by atoms with E-state index in [0.29, 0.717) is 19.4 Å². The van der Waals surface area contributed by atoms with Gasteiger partial charge >= 0.3 is 0 Å². The van der Waals surface area contributed by atoms with Crippen LogP contribution in [0.15, 0.2) is 0 Å². The molecule has 2 unspecified atom stereocenters. The topological polar surface area (TPSA) is 66.4 Å². The Hall–Kier alpha value is -0.900. The number of carbonyl (C=O) groups is 2. The van der Waals surface area contributed by atoms with E-state index in [-0.39, 0.29) is 24.3 Å². The van der Waals surface area contributed by atoms with Crippen molar-refractivity contribution in [1.29, 1.82) is 0 Å². The number of nitrogens with one attached hydrogen (secondary N) is 1. The maximum Gasteiger partial charge on any atom is 0.220 e. The quantitative estimate of drug-likeness (QED) is 0.584. The molecule has 0 heterocycles. The summed E-state index contributed by atoms with van der Waals surface area (Å²) in [4.78, 5) is 21.4. The summed E-state index contributed by atoms with van der Waals surface area (Å²) >= 11 is 0. The largest absolute Gasteiger partial charge is 0.396 e. The van der Waals surface area contributed by atoms with Crippen molar-refractivity contribution in [2.24, 2.45) is 11.8 Å². The maximum atomic E-state index is 11.2. The van der Waals surface area contributed by atoms with E-state index in [1.807, 2.05) is 13.8 Å². The van der Waals surface area contributed by atoms with Crippen molar-refractivity contribution in [1.82, 2.24) is 5.32 Å². The van der Waals surface area contributed by atoms with Crippen LogP contribution >= 0.6 is 0 Å². The van der Waals surface area contributed by atoms with Crippen LogP contribution in [0, 0.1) is 11.8 Å². The number of rotatable bonds is 7. The van der Waals surface area contributed by atoms with Gasteiger partial charge in [0.1, 0.15) is 6.29 Å². The van der Waals surface area contributed by atoms with Crippen LogP contribution in [0.2, 0.25) is 0 Å². The highest BCUT2D eigenvalue weighted by Crippen LogP contribution is 2.04. The highest BCUT2D eigenvalue weighted by atomic mass is 16.3. The Morgan fingerprint density at radius 1 is 1.43 bits per heavy atom. The van der Waals surface area contributed by atoms with Crippen LogP contribution in [0.1, 0.15) is 26.7 Å². The predicted molar refractivity (Wildman–Crippen MR) is 53.7 cm³/mol. The second-order valence-corrected chi connectivity index (χ2v) is 3.80. The molecule has 0 saturated carbocycles. The molecule has 0 aromatic heterocycles. The third-order valence-electron chi connectivity index (χ3n) is 1.99. The van der Waals surface area contributed by atoms with Crippen molar-refractivity contribution < 1.29 is 14.7 Å². The minimum Gasteiger partial charge on any atom is -0.396 e. The first-order chi connectivity index (χ1) is 6.60. The molecule has 0 aromatic rings. The third-order valence-corrected chi connectivity index (χ3v) is 1.99. The Kier molecular flexibility index (Phi) is 7.02. The molecule has 2 atom stereocenters. The number of amides is 1. The molecule has 0 aliphatic heterocycles. The Bertz CT molecular complexity index is 182. The third kappa shape index (κ3) is 6.60. The molecule has 0 fully saturated rings. The molecule has 4 heteroatoms. The molecule has 0 spiro atoms. The molecule has 4 nitrogen and oxygen atoms in total. The van der Waals surface area contributed by atoms with E-state index >= 15 is 0 Å². The van der Waals surface area contributed by atoms with E-state index in [0.717, 1.165) is 6.29 Å². The average molecular weight is 201 g/mol. The van der Waals surface area contributed by atoms with Gasteiger partial charge in [-0.3, -0.25) is 4.79 Å². The minimum atomic E-state index is -0.0559. The number of aldehydes is 1. The fourth-order valence-corrected chi connectivity index (χ4v) is 0.989. The number of hydrogen-bond donors (Lipinski definition) is 2. The monoisotopic (exact) mass is 201 g/mol. The number of carbonyl (C=O) groups excluding carboxylic acids is 2. The van der Waals surface area contributed by atoms with Crippen LogP contribution in [0.4, 0.5) is 0 Å². The zero-order chi connectivity index (χ0) is 11.0. The maximum absolute atomic E-state index is 11.2. The van der Waals surface area contributed by atoms with Gasteiger partial charge in [-0.1, -0.05) is 13.8 Å². The van der Waals surface area contributed by atoms with Crippen LogP contribution < -0.4 is 5.32 Å². The van der Waals surface area contributed by atoms with Crippen molar-refractivity contribution in [2.45, 2.75) is 26.7 Å². The van der Waals surface area contributed by atoms with Gasteiger partial charge in [0.15, 0.2) is 0 Å². The zero-order valence-corrected chi connectivity index (χ0v) is 8.82. The van der Waals surface area contributed by atoms with E-state index in [2.05, 4.69) is 5.32 Å². The van der Waals surface area contributed by atoms with Crippen molar-refractivity contribution in [3.05, 3.63) is 0 Å². The van der Waals surface area contributed by atoms with Gasteiger partial charge in [-0.25, -0.2) is 0 Å². The molecule has 0 saturated heterocycles. The fourth-order valence-electron chi connectivity index (χ4n) is 0.989. The summed E-state index contributed by atoms with van der Waals surface area (Å²) in [6.45, 7) is 4.28. The lowest BCUT2D eigenvalue weighted by atomic mass is 10.0. The predicted octanol–water partition coefficient (Wildman–Crippen LogP) is 0.346. The van der Waals surface area contributed by atoms with Crippen LogP contribution in [0.3, 0.4) is 0 Å². The minimum absolute atomic E-state index is 0.0559. The van der Waals surface area contributed by atoms with Crippen molar-refractivity contribution in [3.8, 4) is 0 Å². The van der Waals surface area contributed by atoms with Crippen LogP contribution in [-0.2, 0) is 9.59 Å². The summed E-state index contributed by atoms with van der Waals surface area (Å²) in [6.07, 6.45) is 1.62. The van der Waals surface area contributed by atoms with Gasteiger partial charge in [0.2, 0.25) is 5.91 Å². The molecule has 0 radical (unpaired) electrons. The summed E-state index contributed by atoms with van der Waals surface area (Å²) in [5, 5.41) is 11.4. The van der Waals surface area contributed by atoms with E-state index in [9.17, 15) is 9.59 Å². The van der Waals surface area contributed by atoms with E-state index in [4.69, 9.17) is 5.11 Å². The molecular weight excluding hydrogens is 182 g/mol. The van der Waals surface area contributed by atoms with Gasteiger partial charge in [0.05, 0.1) is 0 Å². The molecule has 0 rings (SSSR count). The Morgan fingerprint density at radius 2 is 2.07 bits per heavy atom. The van der Waals surface area contributed by atoms with Gasteiger partial charge < -0.3 is 15.2 Å². The number of aliphatic hydroxyl groups excluding tert-OH is 1. The van der Waals surface area contributed by atoms with Gasteiger partial charge in [-0.15, -0.1) is 0 Å². The normalized spacial score (nSPS) is 14.5. The smallest absolute Gasteiger partial charge is 0.220 e. The molecular formula is C10H19NO3. The van der Waals surface area contributed by atoms with Crippen LogP contribution in [0.5, 0.6) is 0 Å². The Morgan fingerprint density at radius 3 is 2.57 bits per heavy atom. The van der Waals surface area contributed by atoms with E-state index in [1.165, 1.54) is 0 Å². The fraction of sp³-hybridized carbons (Fsp3) is 0.800. The van der Waals surface area contributed by atoms with E-state index < -0.39 is 0 Å². The SMILES string of the molecule is CC(CO)CNC(=O)CC(C)CC=O. The molecule has 0 bridgehead atoms. The Labute approximate surface area is 84.7 Å². The first-order valence-electron chi connectivity index (χ1n) is 4.91. The lowest BCUT2D eigenvalue weighted by Crippen LogP contribution is -2.30. The second kappa shape index (κ2) is 7.50. The summed E-state index contributed by atoms with van der Waals surface area (Å²) in [7, 11) is 0. The molecule has 14 heavy (non-hydrogen) atoms. The van der Waals surface area contributed by atoms with E-state index in [1.54, 1.807) is 0 Å². The van der Waals surface area contributed by atoms with Crippen LogP contribution in [-0.4, -0.2) is 30.5 Å². The van der Waals surface area contributed by atoms with Gasteiger partial charge in [0, 0.05) is 26.0 Å². The first kappa shape index (κ1) is 13.1. The van der Waals surface area contributed by atoms with Gasteiger partial charge in [-0.05, 0) is 11.8 Å². The molecule has 1 amide bonds. The lowest BCUT2D eigenvalue weighted by molar-refractivity contribution is -0.122. The van der Waals surface area contributed by atoms with Gasteiger partial charge in [-0.2, -0.15) is 0 Å². The van der Waals surface area contributed by atoms with Crippen molar-refractivity contribution in [2.75, 3.05) is 13.2 Å². The summed E-state index contributed by atoms with van der Waals surface area (Å²) in [6, 6.07) is 0. The van der Waals surface area contributed by atoms with Gasteiger partial charge in [0.25, 0.3) is 0 Å².